The number of hydrogen-bond acceptors (Lipinski definition) is 2. The summed E-state index contributed by atoms with van der Waals surface area (Å²) in [5.41, 5.74) is 8.11. The van der Waals surface area contributed by atoms with Crippen molar-refractivity contribution >= 4 is 22.7 Å². The third kappa shape index (κ3) is 5.90. The van der Waals surface area contributed by atoms with Crippen LogP contribution in [-0.4, -0.2) is 17.7 Å². The van der Waals surface area contributed by atoms with Crippen LogP contribution in [0.2, 0.25) is 0 Å². The van der Waals surface area contributed by atoms with Crippen molar-refractivity contribution in [2.45, 2.75) is 60.3 Å². The summed E-state index contributed by atoms with van der Waals surface area (Å²) in [4.78, 5) is 19.5. The zero-order valence-corrected chi connectivity index (χ0v) is 21.2. The van der Waals surface area contributed by atoms with Gasteiger partial charge in [-0.1, -0.05) is 65.0 Å². The van der Waals surface area contributed by atoms with Gasteiger partial charge in [-0.3, -0.25) is 9.79 Å². The van der Waals surface area contributed by atoms with E-state index in [0.717, 1.165) is 35.0 Å². The Morgan fingerprint density at radius 2 is 1.82 bits per heavy atom. The molecule has 3 aromatic rings. The van der Waals surface area contributed by atoms with Gasteiger partial charge in [0, 0.05) is 23.8 Å². The van der Waals surface area contributed by atoms with Crippen LogP contribution in [0.5, 0.6) is 0 Å². The second kappa shape index (κ2) is 10.8. The van der Waals surface area contributed by atoms with Gasteiger partial charge in [0.15, 0.2) is 0 Å². The summed E-state index contributed by atoms with van der Waals surface area (Å²) in [7, 11) is 1.86. The normalized spacial score (nSPS) is 14.4. The molecule has 3 heteroatoms. The summed E-state index contributed by atoms with van der Waals surface area (Å²) in [6.07, 6.45) is 6.11. The van der Waals surface area contributed by atoms with Crippen LogP contribution < -0.4 is 5.56 Å². The fourth-order valence-corrected chi connectivity index (χ4v) is 4.39. The number of nitrogens with one attached hydrogen (secondary N) is 1. The lowest BCUT2D eigenvalue weighted by Gasteiger charge is -2.21. The summed E-state index contributed by atoms with van der Waals surface area (Å²) < 4.78 is 0. The van der Waals surface area contributed by atoms with Crippen LogP contribution in [0.15, 0.2) is 58.3 Å². The maximum atomic E-state index is 12.1. The molecule has 0 aliphatic heterocycles. The SMILES string of the molecule is CCc1cc2cc([C@H](C)[C@H](C)Cc3ccc(C)c(/C=C\C(=N/C)C(C)C)c3)ccc2[nH]c1=O. The van der Waals surface area contributed by atoms with E-state index in [1.165, 1.54) is 22.3 Å². The van der Waals surface area contributed by atoms with Crippen molar-refractivity contribution in [3.63, 3.8) is 0 Å². The van der Waals surface area contributed by atoms with Crippen molar-refractivity contribution in [3.8, 4) is 0 Å². The van der Waals surface area contributed by atoms with E-state index in [2.05, 4.69) is 87.1 Å². The Morgan fingerprint density at radius 3 is 2.48 bits per heavy atom. The van der Waals surface area contributed by atoms with Crippen molar-refractivity contribution in [2.24, 2.45) is 16.8 Å². The van der Waals surface area contributed by atoms with E-state index in [1.807, 2.05) is 26.1 Å². The number of rotatable bonds is 8. The van der Waals surface area contributed by atoms with Crippen LogP contribution in [-0.2, 0) is 12.8 Å². The zero-order chi connectivity index (χ0) is 24.1. The Bertz CT molecular complexity index is 1230. The van der Waals surface area contributed by atoms with E-state index >= 15 is 0 Å². The molecule has 33 heavy (non-hydrogen) atoms. The van der Waals surface area contributed by atoms with E-state index in [9.17, 15) is 4.79 Å². The van der Waals surface area contributed by atoms with Gasteiger partial charge in [-0.25, -0.2) is 0 Å². The molecule has 0 aliphatic rings. The lowest BCUT2D eigenvalue weighted by Crippen LogP contribution is -2.12. The summed E-state index contributed by atoms with van der Waals surface area (Å²) in [6.45, 7) is 13.2. The summed E-state index contributed by atoms with van der Waals surface area (Å²) in [5, 5.41) is 1.12. The van der Waals surface area contributed by atoms with Gasteiger partial charge in [-0.05, 0) is 89.4 Å². The number of H-pyrrole nitrogens is 1. The van der Waals surface area contributed by atoms with Crippen LogP contribution >= 0.6 is 0 Å². The lowest BCUT2D eigenvalue weighted by atomic mass is 9.84. The smallest absolute Gasteiger partial charge is 0.251 e. The van der Waals surface area contributed by atoms with E-state index < -0.39 is 0 Å². The number of aliphatic imine (C=N–C) groups is 1. The molecule has 3 rings (SSSR count). The van der Waals surface area contributed by atoms with Gasteiger partial charge in [0.2, 0.25) is 0 Å². The molecule has 1 N–H and O–H groups in total. The average molecular weight is 443 g/mol. The van der Waals surface area contributed by atoms with Gasteiger partial charge in [0.1, 0.15) is 0 Å². The summed E-state index contributed by atoms with van der Waals surface area (Å²) in [5.74, 6) is 1.31. The highest BCUT2D eigenvalue weighted by molar-refractivity contribution is 5.99. The molecular formula is C30H38N2O. The van der Waals surface area contributed by atoms with Crippen molar-refractivity contribution < 1.29 is 0 Å². The van der Waals surface area contributed by atoms with Crippen LogP contribution in [0.4, 0.5) is 0 Å². The first-order chi connectivity index (χ1) is 15.7. The third-order valence-electron chi connectivity index (χ3n) is 6.89. The van der Waals surface area contributed by atoms with Gasteiger partial charge >= 0.3 is 0 Å². The number of aromatic amines is 1. The van der Waals surface area contributed by atoms with Crippen LogP contribution in [0, 0.1) is 18.8 Å². The first-order valence-electron chi connectivity index (χ1n) is 12.1. The summed E-state index contributed by atoms with van der Waals surface area (Å²) >= 11 is 0. The van der Waals surface area contributed by atoms with E-state index in [4.69, 9.17) is 0 Å². The van der Waals surface area contributed by atoms with Crippen LogP contribution in [0.25, 0.3) is 17.0 Å². The number of nitrogens with zero attached hydrogens (tertiary/aromatic N) is 1. The molecular weight excluding hydrogens is 404 g/mol. The molecule has 0 saturated carbocycles. The van der Waals surface area contributed by atoms with E-state index in [-0.39, 0.29) is 5.56 Å². The minimum Gasteiger partial charge on any atom is -0.322 e. The molecule has 0 saturated heterocycles. The number of hydrogen-bond donors (Lipinski definition) is 1. The molecule has 2 aromatic carbocycles. The maximum Gasteiger partial charge on any atom is 0.251 e. The highest BCUT2D eigenvalue weighted by Crippen LogP contribution is 2.29. The third-order valence-corrected chi connectivity index (χ3v) is 6.89. The zero-order valence-electron chi connectivity index (χ0n) is 21.2. The van der Waals surface area contributed by atoms with Crippen molar-refractivity contribution in [1.29, 1.82) is 0 Å². The minimum absolute atomic E-state index is 0.0223. The average Bonchev–Trinajstić information content (AvgIpc) is 2.79. The molecule has 3 nitrogen and oxygen atoms in total. The van der Waals surface area contributed by atoms with Crippen molar-refractivity contribution in [3.05, 3.63) is 86.7 Å². The molecule has 0 amide bonds. The second-order valence-electron chi connectivity index (χ2n) is 9.62. The van der Waals surface area contributed by atoms with Gasteiger partial charge in [-0.2, -0.15) is 0 Å². The highest BCUT2D eigenvalue weighted by atomic mass is 16.1. The fraction of sp³-hybridized carbons (Fsp3) is 0.400. The quantitative estimate of drug-likeness (QED) is 0.371. The van der Waals surface area contributed by atoms with Gasteiger partial charge in [-0.15, -0.1) is 0 Å². The fourth-order valence-electron chi connectivity index (χ4n) is 4.39. The predicted octanol–water partition coefficient (Wildman–Crippen LogP) is 7.12. The standard InChI is InChI=1S/C30H38N2O/c1-8-24-17-27-18-26(12-14-29(27)32-30(24)33)22(6)21(5)15-23-10-9-20(4)25(16-23)11-13-28(31-7)19(2)3/h9-14,16-19,21-22H,8,15H2,1-7H3,(H,32,33)/b13-11-,31-28+/t21-,22-/m1/s1. The Morgan fingerprint density at radius 1 is 1.06 bits per heavy atom. The van der Waals surface area contributed by atoms with Gasteiger partial charge in [0.25, 0.3) is 5.56 Å². The Balaban J connectivity index is 1.80. The summed E-state index contributed by atoms with van der Waals surface area (Å²) in [6, 6.07) is 15.3. The molecule has 0 fully saturated rings. The number of allylic oxidation sites excluding steroid dienone is 1. The van der Waals surface area contributed by atoms with E-state index in [1.54, 1.807) is 0 Å². The Hall–Kier alpha value is -2.94. The molecule has 2 atom stereocenters. The van der Waals surface area contributed by atoms with E-state index in [0.29, 0.717) is 17.8 Å². The molecule has 0 spiro atoms. The largest absolute Gasteiger partial charge is 0.322 e. The maximum absolute atomic E-state index is 12.1. The van der Waals surface area contributed by atoms with Gasteiger partial charge in [0.05, 0.1) is 0 Å². The minimum atomic E-state index is 0.0223. The first-order valence-corrected chi connectivity index (χ1v) is 12.1. The number of benzene rings is 2. The highest BCUT2D eigenvalue weighted by Gasteiger charge is 2.16. The molecule has 0 aliphatic carbocycles. The van der Waals surface area contributed by atoms with Gasteiger partial charge < -0.3 is 4.98 Å². The predicted molar refractivity (Wildman–Crippen MR) is 144 cm³/mol. The Kier molecular flexibility index (Phi) is 8.07. The van der Waals surface area contributed by atoms with Crippen molar-refractivity contribution in [2.75, 3.05) is 7.05 Å². The molecule has 1 heterocycles. The van der Waals surface area contributed by atoms with Crippen molar-refractivity contribution in [1.82, 2.24) is 4.98 Å². The lowest BCUT2D eigenvalue weighted by molar-refractivity contribution is 0.486. The topological polar surface area (TPSA) is 45.2 Å². The second-order valence-corrected chi connectivity index (χ2v) is 9.62. The number of aromatic nitrogens is 1. The molecule has 0 radical (unpaired) electrons. The number of fused-ring (bicyclic) bond motifs is 1. The van der Waals surface area contributed by atoms with Crippen LogP contribution in [0.3, 0.4) is 0 Å². The van der Waals surface area contributed by atoms with Crippen LogP contribution in [0.1, 0.15) is 68.4 Å². The molecule has 1 aromatic heterocycles. The Labute approximate surface area is 198 Å². The molecule has 0 bridgehead atoms. The molecule has 174 valence electrons. The number of pyridine rings is 1. The monoisotopic (exact) mass is 442 g/mol. The molecule has 0 unspecified atom stereocenters. The number of aryl methyl sites for hydroxylation is 2. The first kappa shape index (κ1) is 24.7.